The van der Waals surface area contributed by atoms with Crippen LogP contribution in [0.2, 0.25) is 10.3 Å². The van der Waals surface area contributed by atoms with Crippen LogP contribution in [0.15, 0.2) is 12.1 Å². The van der Waals surface area contributed by atoms with Crippen molar-refractivity contribution in [1.29, 1.82) is 0 Å². The summed E-state index contributed by atoms with van der Waals surface area (Å²) in [6.07, 6.45) is 2.05. The molecule has 2 rings (SSSR count). The first-order valence-corrected chi connectivity index (χ1v) is 7.10. The predicted molar refractivity (Wildman–Crippen MR) is 77.0 cm³/mol. The molecule has 5 nitrogen and oxygen atoms in total. The summed E-state index contributed by atoms with van der Waals surface area (Å²) in [5.41, 5.74) is 0.243. The second-order valence-corrected chi connectivity index (χ2v) is 5.47. The Hall–Kier alpha value is -1.33. The predicted octanol–water partition coefficient (Wildman–Crippen LogP) is 2.08. The van der Waals surface area contributed by atoms with Crippen LogP contribution >= 0.6 is 23.2 Å². The molecule has 0 saturated carbocycles. The zero-order valence-electron chi connectivity index (χ0n) is 11.1. The van der Waals surface area contributed by atoms with E-state index in [0.717, 1.165) is 25.9 Å². The Kier molecular flexibility index (Phi) is 4.83. The first-order valence-electron chi connectivity index (χ1n) is 6.34. The second kappa shape index (κ2) is 6.41. The average Bonchev–Trinajstić information content (AvgIpc) is 2.91. The number of aromatic nitrogens is 1. The van der Waals surface area contributed by atoms with Crippen LogP contribution in [0.5, 0.6) is 0 Å². The first-order chi connectivity index (χ1) is 9.49. The molecule has 0 spiro atoms. The van der Waals surface area contributed by atoms with Gasteiger partial charge < -0.3 is 9.80 Å². The summed E-state index contributed by atoms with van der Waals surface area (Å²) >= 11 is 11.6. The molecule has 2 heterocycles. The van der Waals surface area contributed by atoms with E-state index in [1.54, 1.807) is 11.9 Å². The third kappa shape index (κ3) is 3.41. The van der Waals surface area contributed by atoms with Gasteiger partial charge in [-0.15, -0.1) is 0 Å². The van der Waals surface area contributed by atoms with Crippen molar-refractivity contribution in [3.8, 4) is 0 Å². The van der Waals surface area contributed by atoms with Gasteiger partial charge in [0.05, 0.1) is 12.1 Å². The van der Waals surface area contributed by atoms with Crippen LogP contribution in [0.4, 0.5) is 0 Å². The van der Waals surface area contributed by atoms with Gasteiger partial charge in [0.25, 0.3) is 5.91 Å². The molecule has 2 amide bonds. The van der Waals surface area contributed by atoms with E-state index < -0.39 is 0 Å². The van der Waals surface area contributed by atoms with Crippen molar-refractivity contribution in [2.45, 2.75) is 12.8 Å². The summed E-state index contributed by atoms with van der Waals surface area (Å²) in [4.78, 5) is 31.1. The van der Waals surface area contributed by atoms with E-state index in [1.807, 2.05) is 0 Å². The van der Waals surface area contributed by atoms with Crippen LogP contribution in [-0.2, 0) is 4.79 Å². The summed E-state index contributed by atoms with van der Waals surface area (Å²) in [6.45, 7) is 1.58. The zero-order chi connectivity index (χ0) is 14.7. The number of likely N-dealkylation sites (tertiary alicyclic amines) is 1. The third-order valence-electron chi connectivity index (χ3n) is 3.22. The summed E-state index contributed by atoms with van der Waals surface area (Å²) < 4.78 is 0. The van der Waals surface area contributed by atoms with Crippen molar-refractivity contribution in [3.05, 3.63) is 28.0 Å². The largest absolute Gasteiger partial charge is 0.341 e. The number of carbonyl (C=O) groups excluding carboxylic acids is 2. The van der Waals surface area contributed by atoms with E-state index in [4.69, 9.17) is 23.2 Å². The number of halogens is 2. The molecule has 0 radical (unpaired) electrons. The van der Waals surface area contributed by atoms with E-state index in [0.29, 0.717) is 0 Å². The lowest BCUT2D eigenvalue weighted by atomic mass is 10.2. The lowest BCUT2D eigenvalue weighted by molar-refractivity contribution is -0.130. The van der Waals surface area contributed by atoms with Crippen LogP contribution in [0.25, 0.3) is 0 Å². The van der Waals surface area contributed by atoms with Gasteiger partial charge in [0, 0.05) is 20.1 Å². The fraction of sp³-hybridized carbons (Fsp3) is 0.462. The van der Waals surface area contributed by atoms with Gasteiger partial charge in [-0.2, -0.15) is 0 Å². The van der Waals surface area contributed by atoms with Crippen LogP contribution in [0, 0.1) is 0 Å². The lowest BCUT2D eigenvalue weighted by Crippen LogP contribution is -2.39. The van der Waals surface area contributed by atoms with Gasteiger partial charge in [-0.1, -0.05) is 23.2 Å². The van der Waals surface area contributed by atoms with Crippen molar-refractivity contribution in [2.75, 3.05) is 26.7 Å². The van der Waals surface area contributed by atoms with E-state index in [-0.39, 0.29) is 34.2 Å². The molecule has 7 heteroatoms. The van der Waals surface area contributed by atoms with Crippen molar-refractivity contribution >= 4 is 35.0 Å². The summed E-state index contributed by atoms with van der Waals surface area (Å²) in [5.74, 6) is -0.386. The highest BCUT2D eigenvalue weighted by molar-refractivity contribution is 6.34. The fourth-order valence-corrected chi connectivity index (χ4v) is 2.54. The molecule has 1 aromatic heterocycles. The molecule has 1 saturated heterocycles. The minimum absolute atomic E-state index is 0.0395. The van der Waals surface area contributed by atoms with Crippen LogP contribution < -0.4 is 0 Å². The second-order valence-electron chi connectivity index (χ2n) is 4.72. The monoisotopic (exact) mass is 315 g/mol. The molecule has 0 N–H and O–H groups in total. The highest BCUT2D eigenvalue weighted by Gasteiger charge is 2.23. The minimum atomic E-state index is -0.341. The molecule has 1 aliphatic rings. The topological polar surface area (TPSA) is 53.5 Å². The van der Waals surface area contributed by atoms with Crippen LogP contribution in [-0.4, -0.2) is 53.3 Å². The quantitative estimate of drug-likeness (QED) is 0.802. The standard InChI is InChI=1S/C13H15Cl2N3O2/c1-17(8-11(19)18-6-2-3-7-18)13(20)9-4-5-10(14)16-12(9)15/h4-5H,2-3,6-8H2,1H3. The fourth-order valence-electron chi connectivity index (χ4n) is 2.12. The maximum Gasteiger partial charge on any atom is 0.257 e. The lowest BCUT2D eigenvalue weighted by Gasteiger charge is -2.21. The molecule has 1 fully saturated rings. The number of hydrogen-bond acceptors (Lipinski definition) is 3. The van der Waals surface area contributed by atoms with Crippen LogP contribution in [0.1, 0.15) is 23.2 Å². The van der Waals surface area contributed by atoms with Gasteiger partial charge in [-0.25, -0.2) is 4.98 Å². The van der Waals surface area contributed by atoms with E-state index in [9.17, 15) is 9.59 Å². The molecule has 0 bridgehead atoms. The Morgan fingerprint density at radius 3 is 2.55 bits per heavy atom. The number of nitrogens with zero attached hydrogens (tertiary/aromatic N) is 3. The Bertz CT molecular complexity index is 530. The highest BCUT2D eigenvalue weighted by atomic mass is 35.5. The molecule has 1 aromatic rings. The number of rotatable bonds is 3. The minimum Gasteiger partial charge on any atom is -0.341 e. The average molecular weight is 316 g/mol. The molecule has 20 heavy (non-hydrogen) atoms. The third-order valence-corrected chi connectivity index (χ3v) is 3.72. The van der Waals surface area contributed by atoms with E-state index >= 15 is 0 Å². The summed E-state index contributed by atoms with van der Waals surface area (Å²) in [5, 5.41) is 0.269. The Morgan fingerprint density at radius 1 is 1.30 bits per heavy atom. The maximum atomic E-state index is 12.2. The van der Waals surface area contributed by atoms with Gasteiger partial charge in [-0.3, -0.25) is 9.59 Å². The molecule has 0 atom stereocenters. The van der Waals surface area contributed by atoms with Crippen molar-refractivity contribution in [1.82, 2.24) is 14.8 Å². The van der Waals surface area contributed by atoms with Gasteiger partial charge in [0.1, 0.15) is 10.3 Å². The number of likely N-dealkylation sites (N-methyl/N-ethyl adjacent to an activating group) is 1. The SMILES string of the molecule is CN(CC(=O)N1CCCC1)C(=O)c1ccc(Cl)nc1Cl. The first kappa shape index (κ1) is 15.1. The van der Waals surface area contributed by atoms with Crippen molar-refractivity contribution in [3.63, 3.8) is 0 Å². The van der Waals surface area contributed by atoms with Gasteiger partial charge in [-0.05, 0) is 25.0 Å². The number of hydrogen-bond donors (Lipinski definition) is 0. The zero-order valence-corrected chi connectivity index (χ0v) is 12.6. The van der Waals surface area contributed by atoms with Gasteiger partial charge in [0.2, 0.25) is 5.91 Å². The van der Waals surface area contributed by atoms with Gasteiger partial charge in [0.15, 0.2) is 0 Å². The molecule has 108 valence electrons. The van der Waals surface area contributed by atoms with Crippen molar-refractivity contribution < 1.29 is 9.59 Å². The van der Waals surface area contributed by atoms with Crippen LogP contribution in [0.3, 0.4) is 0 Å². The maximum absolute atomic E-state index is 12.2. The van der Waals surface area contributed by atoms with Gasteiger partial charge >= 0.3 is 0 Å². The molecule has 1 aliphatic heterocycles. The molecule has 0 aliphatic carbocycles. The summed E-state index contributed by atoms with van der Waals surface area (Å²) in [6, 6.07) is 3.01. The smallest absolute Gasteiger partial charge is 0.257 e. The Balaban J connectivity index is 2.02. The molecular formula is C13H15Cl2N3O2. The Morgan fingerprint density at radius 2 is 1.95 bits per heavy atom. The highest BCUT2D eigenvalue weighted by Crippen LogP contribution is 2.18. The van der Waals surface area contributed by atoms with Crippen molar-refractivity contribution in [2.24, 2.45) is 0 Å². The number of amides is 2. The van der Waals surface area contributed by atoms with E-state index in [2.05, 4.69) is 4.98 Å². The number of pyridine rings is 1. The molecule has 0 aromatic carbocycles. The van der Waals surface area contributed by atoms with E-state index in [1.165, 1.54) is 17.0 Å². The number of carbonyl (C=O) groups is 2. The molecule has 0 unspecified atom stereocenters. The Labute approximate surface area is 127 Å². The summed E-state index contributed by atoms with van der Waals surface area (Å²) in [7, 11) is 1.57. The molecular weight excluding hydrogens is 301 g/mol. The normalized spacial score (nSPS) is 14.4.